The van der Waals surface area contributed by atoms with Crippen molar-refractivity contribution in [3.63, 3.8) is 0 Å². The van der Waals surface area contributed by atoms with E-state index in [1.165, 1.54) is 0 Å². The number of halogens is 1. The highest BCUT2D eigenvalue weighted by Gasteiger charge is 2.30. The van der Waals surface area contributed by atoms with Gasteiger partial charge in [0, 0.05) is 17.0 Å². The molecular weight excluding hydrogens is 296 g/mol. The lowest BCUT2D eigenvalue weighted by atomic mass is 10.0. The third-order valence-electron chi connectivity index (χ3n) is 3.39. The van der Waals surface area contributed by atoms with Gasteiger partial charge in [0.1, 0.15) is 5.75 Å². The van der Waals surface area contributed by atoms with Crippen LogP contribution in [0.4, 0.5) is 0 Å². The third kappa shape index (κ3) is 4.08. The van der Waals surface area contributed by atoms with Crippen molar-refractivity contribution in [2.75, 3.05) is 6.61 Å². The maximum absolute atomic E-state index is 11.9. The van der Waals surface area contributed by atoms with Crippen LogP contribution < -0.4 is 15.8 Å². The summed E-state index contributed by atoms with van der Waals surface area (Å²) in [5.74, 6) is 0.503. The Morgan fingerprint density at radius 2 is 2.30 bits per heavy atom. The maximum atomic E-state index is 11.9. The van der Waals surface area contributed by atoms with E-state index in [4.69, 9.17) is 34.3 Å². The van der Waals surface area contributed by atoms with E-state index in [-0.39, 0.29) is 24.5 Å². The topological polar surface area (TPSA) is 64.3 Å². The van der Waals surface area contributed by atoms with Crippen LogP contribution in [0, 0.1) is 5.92 Å². The molecule has 2 unspecified atom stereocenters. The Morgan fingerprint density at radius 3 is 3.00 bits per heavy atom. The zero-order valence-corrected chi connectivity index (χ0v) is 12.5. The Hall–Kier alpha value is -1.33. The molecule has 1 aromatic carbocycles. The number of nitrogens with one attached hydrogen (secondary N) is 1. The predicted octanol–water partition coefficient (Wildman–Crippen LogP) is 2.29. The molecule has 0 spiro atoms. The van der Waals surface area contributed by atoms with Crippen molar-refractivity contribution in [3.8, 4) is 5.75 Å². The largest absolute Gasteiger partial charge is 0.484 e. The molecule has 2 atom stereocenters. The second-order valence-corrected chi connectivity index (χ2v) is 5.77. The molecule has 0 radical (unpaired) electrons. The second-order valence-electron chi connectivity index (χ2n) is 4.86. The minimum atomic E-state index is -0.168. The summed E-state index contributed by atoms with van der Waals surface area (Å²) in [6.07, 6.45) is 2.88. The average molecular weight is 313 g/mol. The summed E-state index contributed by atoms with van der Waals surface area (Å²) in [5, 5.41) is 3.51. The fourth-order valence-electron chi connectivity index (χ4n) is 2.43. The zero-order valence-electron chi connectivity index (χ0n) is 11.0. The van der Waals surface area contributed by atoms with Gasteiger partial charge in [-0.2, -0.15) is 0 Å². The van der Waals surface area contributed by atoms with Crippen LogP contribution in [-0.2, 0) is 4.79 Å². The summed E-state index contributed by atoms with van der Waals surface area (Å²) >= 11 is 10.9. The molecule has 1 aromatic rings. The number of carbonyl (C=O) groups excluding carboxylic acids is 1. The molecule has 6 heteroatoms. The van der Waals surface area contributed by atoms with E-state index in [2.05, 4.69) is 5.32 Å². The van der Waals surface area contributed by atoms with E-state index in [9.17, 15) is 4.79 Å². The molecule has 3 N–H and O–H groups in total. The first kappa shape index (κ1) is 15.1. The fourth-order valence-corrected chi connectivity index (χ4v) is 2.89. The van der Waals surface area contributed by atoms with E-state index < -0.39 is 0 Å². The highest BCUT2D eigenvalue weighted by atomic mass is 35.5. The average Bonchev–Trinajstić information content (AvgIpc) is 2.85. The monoisotopic (exact) mass is 312 g/mol. The van der Waals surface area contributed by atoms with Crippen LogP contribution in [-0.4, -0.2) is 23.5 Å². The maximum Gasteiger partial charge on any atom is 0.258 e. The van der Waals surface area contributed by atoms with Gasteiger partial charge >= 0.3 is 0 Å². The van der Waals surface area contributed by atoms with Gasteiger partial charge in [0.15, 0.2) is 6.61 Å². The van der Waals surface area contributed by atoms with Crippen molar-refractivity contribution >= 4 is 34.7 Å². The van der Waals surface area contributed by atoms with Crippen LogP contribution in [0.15, 0.2) is 24.3 Å². The number of benzene rings is 1. The Kier molecular flexibility index (Phi) is 5.20. The van der Waals surface area contributed by atoms with Gasteiger partial charge in [-0.3, -0.25) is 4.79 Å². The van der Waals surface area contributed by atoms with Gasteiger partial charge in [-0.25, -0.2) is 0 Å². The summed E-state index contributed by atoms with van der Waals surface area (Å²) in [6.45, 7) is -0.0408. The third-order valence-corrected chi connectivity index (χ3v) is 3.93. The second kappa shape index (κ2) is 6.90. The van der Waals surface area contributed by atoms with E-state index in [1.807, 2.05) is 0 Å². The van der Waals surface area contributed by atoms with Gasteiger partial charge < -0.3 is 15.8 Å². The number of thiocarbonyl (C=S) groups is 1. The molecule has 0 aromatic heterocycles. The summed E-state index contributed by atoms with van der Waals surface area (Å²) in [4.78, 5) is 12.3. The van der Waals surface area contributed by atoms with Crippen molar-refractivity contribution in [2.24, 2.45) is 11.7 Å². The van der Waals surface area contributed by atoms with Crippen molar-refractivity contribution in [1.82, 2.24) is 5.32 Å². The van der Waals surface area contributed by atoms with Gasteiger partial charge in [0.2, 0.25) is 0 Å². The lowest BCUT2D eigenvalue weighted by molar-refractivity contribution is -0.123. The van der Waals surface area contributed by atoms with Gasteiger partial charge in [-0.05, 0) is 31.0 Å². The van der Waals surface area contributed by atoms with Crippen molar-refractivity contribution < 1.29 is 9.53 Å². The fraction of sp³-hybridized carbons (Fsp3) is 0.429. The molecule has 1 fully saturated rings. The summed E-state index contributed by atoms with van der Waals surface area (Å²) in [7, 11) is 0. The Labute approximate surface area is 128 Å². The molecular formula is C14H17ClN2O2S. The number of rotatable bonds is 5. The van der Waals surface area contributed by atoms with Gasteiger partial charge in [0.05, 0.1) is 4.99 Å². The number of ether oxygens (including phenoxy) is 1. The molecule has 1 aliphatic carbocycles. The Morgan fingerprint density at radius 1 is 1.50 bits per heavy atom. The first-order valence-electron chi connectivity index (χ1n) is 6.53. The van der Waals surface area contributed by atoms with E-state index in [1.54, 1.807) is 24.3 Å². The van der Waals surface area contributed by atoms with Gasteiger partial charge in [0.25, 0.3) is 5.91 Å². The Balaban J connectivity index is 1.82. The molecule has 1 aliphatic rings. The number of amides is 1. The molecule has 0 heterocycles. The molecule has 20 heavy (non-hydrogen) atoms. The predicted molar refractivity (Wildman–Crippen MR) is 83.0 cm³/mol. The van der Waals surface area contributed by atoms with Crippen LogP contribution in [0.5, 0.6) is 5.75 Å². The smallest absolute Gasteiger partial charge is 0.258 e. The molecule has 108 valence electrons. The van der Waals surface area contributed by atoms with E-state index in [0.29, 0.717) is 15.8 Å². The molecule has 4 nitrogen and oxygen atoms in total. The van der Waals surface area contributed by atoms with Crippen LogP contribution in [0.25, 0.3) is 0 Å². The summed E-state index contributed by atoms with van der Waals surface area (Å²) in [5.41, 5.74) is 5.68. The number of hydrogen-bond donors (Lipinski definition) is 2. The van der Waals surface area contributed by atoms with Gasteiger partial charge in [-0.15, -0.1) is 0 Å². The molecule has 0 bridgehead atoms. The van der Waals surface area contributed by atoms with Crippen LogP contribution >= 0.6 is 23.8 Å². The minimum absolute atomic E-state index is 0.0305. The first-order chi connectivity index (χ1) is 9.56. The van der Waals surface area contributed by atoms with Crippen LogP contribution in [0.1, 0.15) is 19.3 Å². The van der Waals surface area contributed by atoms with Crippen molar-refractivity contribution in [1.29, 1.82) is 0 Å². The van der Waals surface area contributed by atoms with Gasteiger partial charge in [-0.1, -0.05) is 36.3 Å². The highest BCUT2D eigenvalue weighted by Crippen LogP contribution is 2.25. The first-order valence-corrected chi connectivity index (χ1v) is 7.32. The molecule has 1 saturated carbocycles. The summed E-state index contributed by atoms with van der Waals surface area (Å²) in [6, 6.07) is 6.98. The molecule has 0 aliphatic heterocycles. The van der Waals surface area contributed by atoms with E-state index >= 15 is 0 Å². The van der Waals surface area contributed by atoms with Crippen LogP contribution in [0.2, 0.25) is 5.02 Å². The van der Waals surface area contributed by atoms with E-state index in [0.717, 1.165) is 19.3 Å². The quantitative estimate of drug-likeness (QED) is 0.819. The number of nitrogens with two attached hydrogens (primary N) is 1. The molecule has 2 rings (SSSR count). The molecule has 0 saturated heterocycles. The summed E-state index contributed by atoms with van der Waals surface area (Å²) < 4.78 is 5.39. The van der Waals surface area contributed by atoms with Crippen molar-refractivity contribution in [2.45, 2.75) is 25.3 Å². The Bertz CT molecular complexity index is 510. The minimum Gasteiger partial charge on any atom is -0.484 e. The highest BCUT2D eigenvalue weighted by molar-refractivity contribution is 7.80. The zero-order chi connectivity index (χ0) is 14.5. The standard InChI is InChI=1S/C14H17ClN2O2S/c15-9-3-1-4-10(7-9)19-8-13(18)17-12-6-2-5-11(12)14(16)20/h1,3-4,7,11-12H,2,5-6,8H2,(H2,16,20)(H,17,18). The van der Waals surface area contributed by atoms with Crippen LogP contribution in [0.3, 0.4) is 0 Å². The lowest BCUT2D eigenvalue weighted by Gasteiger charge is -2.19. The van der Waals surface area contributed by atoms with Crippen molar-refractivity contribution in [3.05, 3.63) is 29.3 Å². The normalized spacial score (nSPS) is 21.4. The molecule has 1 amide bonds. The lowest BCUT2D eigenvalue weighted by Crippen LogP contribution is -2.43. The SMILES string of the molecule is NC(=S)C1CCCC1NC(=O)COc1cccc(Cl)c1. The number of hydrogen-bond acceptors (Lipinski definition) is 3. The number of carbonyl (C=O) groups is 1.